The molecule has 0 spiro atoms. The van der Waals surface area contributed by atoms with Gasteiger partial charge in [-0.25, -0.2) is 4.79 Å². The van der Waals surface area contributed by atoms with Crippen molar-refractivity contribution < 1.29 is 4.79 Å². The van der Waals surface area contributed by atoms with E-state index in [9.17, 15) is 4.79 Å². The zero-order chi connectivity index (χ0) is 14.5. The average Bonchev–Trinajstić information content (AvgIpc) is 2.45. The van der Waals surface area contributed by atoms with Gasteiger partial charge in [0.2, 0.25) is 0 Å². The Hall–Kier alpha value is -1.55. The number of carbonyl (C=O) groups is 1. The minimum atomic E-state index is -0.0293. The molecule has 2 rings (SSSR count). The Morgan fingerprint density at radius 2 is 2.20 bits per heavy atom. The Kier molecular flexibility index (Phi) is 5.01. The maximum atomic E-state index is 11.6. The number of amides is 2. The van der Waals surface area contributed by atoms with Crippen molar-refractivity contribution >= 4 is 11.7 Å². The van der Waals surface area contributed by atoms with E-state index in [2.05, 4.69) is 29.7 Å². The maximum Gasteiger partial charge on any atom is 0.321 e. The summed E-state index contributed by atoms with van der Waals surface area (Å²) in [5.41, 5.74) is 3.45. The fourth-order valence-electron chi connectivity index (χ4n) is 2.70. The summed E-state index contributed by atoms with van der Waals surface area (Å²) >= 11 is 0. The summed E-state index contributed by atoms with van der Waals surface area (Å²) in [7, 11) is 3.84. The van der Waals surface area contributed by atoms with E-state index >= 15 is 0 Å². The van der Waals surface area contributed by atoms with Crippen molar-refractivity contribution in [2.45, 2.75) is 45.2 Å². The Balaban J connectivity index is 2.13. The van der Waals surface area contributed by atoms with Crippen LogP contribution in [-0.2, 0) is 6.54 Å². The molecule has 0 radical (unpaired) electrons. The predicted molar refractivity (Wildman–Crippen MR) is 82.9 cm³/mol. The smallest absolute Gasteiger partial charge is 0.321 e. The zero-order valence-corrected chi connectivity index (χ0v) is 12.7. The van der Waals surface area contributed by atoms with E-state index in [4.69, 9.17) is 0 Å². The Morgan fingerprint density at radius 3 is 2.90 bits per heavy atom. The first kappa shape index (κ1) is 14.9. The van der Waals surface area contributed by atoms with Crippen molar-refractivity contribution in [1.29, 1.82) is 0 Å². The summed E-state index contributed by atoms with van der Waals surface area (Å²) < 4.78 is 0. The van der Waals surface area contributed by atoms with Gasteiger partial charge in [-0.1, -0.05) is 38.3 Å². The van der Waals surface area contributed by atoms with E-state index in [1.54, 1.807) is 4.90 Å². The summed E-state index contributed by atoms with van der Waals surface area (Å²) in [6.45, 7) is 2.91. The first-order valence-electron chi connectivity index (χ1n) is 7.48. The van der Waals surface area contributed by atoms with E-state index in [-0.39, 0.29) is 6.03 Å². The molecule has 0 fully saturated rings. The lowest BCUT2D eigenvalue weighted by molar-refractivity contribution is 0.218. The van der Waals surface area contributed by atoms with Crippen LogP contribution in [0.5, 0.6) is 0 Å². The molecule has 2 amide bonds. The van der Waals surface area contributed by atoms with Crippen LogP contribution >= 0.6 is 0 Å². The third-order valence-corrected chi connectivity index (χ3v) is 3.97. The fourth-order valence-corrected chi connectivity index (χ4v) is 2.70. The van der Waals surface area contributed by atoms with Gasteiger partial charge in [0, 0.05) is 25.3 Å². The van der Waals surface area contributed by atoms with E-state index in [0.717, 1.165) is 12.1 Å². The molecule has 0 aromatic heterocycles. The molecular weight excluding hydrogens is 250 g/mol. The van der Waals surface area contributed by atoms with E-state index in [0.29, 0.717) is 12.6 Å². The molecule has 1 heterocycles. The highest BCUT2D eigenvalue weighted by atomic mass is 16.2. The number of nitrogens with zero attached hydrogens (tertiary/aromatic N) is 1. The van der Waals surface area contributed by atoms with Crippen LogP contribution in [0.1, 0.15) is 49.8 Å². The minimum Gasteiger partial charge on any atom is -0.323 e. The maximum absolute atomic E-state index is 11.6. The molecule has 1 unspecified atom stereocenters. The number of carbonyl (C=O) groups excluding carboxylic acids is 1. The number of hydrogen-bond donors (Lipinski definition) is 2. The number of hydrogen-bond acceptors (Lipinski definition) is 2. The quantitative estimate of drug-likeness (QED) is 0.780. The van der Waals surface area contributed by atoms with Crippen molar-refractivity contribution in [2.75, 3.05) is 19.4 Å². The summed E-state index contributed by atoms with van der Waals surface area (Å²) in [4.78, 5) is 13.3. The number of benzene rings is 1. The Morgan fingerprint density at radius 1 is 1.40 bits per heavy atom. The summed E-state index contributed by atoms with van der Waals surface area (Å²) in [5, 5.41) is 6.32. The minimum absolute atomic E-state index is 0.0293. The van der Waals surface area contributed by atoms with Crippen LogP contribution in [0.2, 0.25) is 0 Å². The highest BCUT2D eigenvalue weighted by Gasteiger charge is 2.20. The number of nitrogens with one attached hydrogen (secondary N) is 2. The van der Waals surface area contributed by atoms with Gasteiger partial charge in [-0.3, -0.25) is 0 Å². The van der Waals surface area contributed by atoms with Gasteiger partial charge in [0.05, 0.1) is 0 Å². The highest BCUT2D eigenvalue weighted by Crippen LogP contribution is 2.28. The second-order valence-corrected chi connectivity index (χ2v) is 5.54. The van der Waals surface area contributed by atoms with Crippen molar-refractivity contribution in [2.24, 2.45) is 0 Å². The number of anilines is 1. The molecule has 0 saturated heterocycles. The largest absolute Gasteiger partial charge is 0.323 e. The molecule has 0 aliphatic carbocycles. The van der Waals surface area contributed by atoms with Crippen LogP contribution < -0.4 is 10.6 Å². The fraction of sp³-hybridized carbons (Fsp3) is 0.562. The molecule has 4 nitrogen and oxygen atoms in total. The monoisotopic (exact) mass is 275 g/mol. The lowest BCUT2D eigenvalue weighted by Crippen LogP contribution is -2.35. The van der Waals surface area contributed by atoms with Crippen LogP contribution in [0.3, 0.4) is 0 Å². The van der Waals surface area contributed by atoms with Gasteiger partial charge >= 0.3 is 6.03 Å². The first-order chi connectivity index (χ1) is 9.65. The Bertz CT molecular complexity index is 473. The SMILES string of the molecule is CCCCCC(NC)c1ccc2c(c1)CN(C)C(=O)N2. The summed E-state index contributed by atoms with van der Waals surface area (Å²) in [5.74, 6) is 0. The number of rotatable bonds is 6. The normalized spacial score (nSPS) is 15.8. The van der Waals surface area contributed by atoms with Gasteiger partial charge < -0.3 is 15.5 Å². The Labute approximate surface area is 121 Å². The van der Waals surface area contributed by atoms with Gasteiger partial charge in [-0.15, -0.1) is 0 Å². The molecule has 4 heteroatoms. The second-order valence-electron chi connectivity index (χ2n) is 5.54. The molecule has 1 aliphatic heterocycles. The van der Waals surface area contributed by atoms with Crippen LogP contribution in [0.25, 0.3) is 0 Å². The summed E-state index contributed by atoms with van der Waals surface area (Å²) in [6, 6.07) is 6.74. The number of fused-ring (bicyclic) bond motifs is 1. The van der Waals surface area contributed by atoms with Crippen molar-refractivity contribution in [3.8, 4) is 0 Å². The molecule has 0 saturated carbocycles. The van der Waals surface area contributed by atoms with E-state index < -0.39 is 0 Å². The molecular formula is C16H25N3O. The summed E-state index contributed by atoms with van der Waals surface area (Å²) in [6.07, 6.45) is 4.93. The van der Waals surface area contributed by atoms with E-state index in [1.165, 1.54) is 30.4 Å². The number of unbranched alkanes of at least 4 members (excludes halogenated alkanes) is 2. The zero-order valence-electron chi connectivity index (χ0n) is 12.7. The molecule has 1 atom stereocenters. The molecule has 0 bridgehead atoms. The average molecular weight is 275 g/mol. The molecule has 1 aromatic rings. The van der Waals surface area contributed by atoms with Crippen LogP contribution in [0.4, 0.5) is 10.5 Å². The third kappa shape index (κ3) is 3.31. The van der Waals surface area contributed by atoms with Crippen LogP contribution in [0, 0.1) is 0 Å². The van der Waals surface area contributed by atoms with Gasteiger partial charge in [0.1, 0.15) is 0 Å². The molecule has 1 aromatic carbocycles. The van der Waals surface area contributed by atoms with Gasteiger partial charge in [0.25, 0.3) is 0 Å². The third-order valence-electron chi connectivity index (χ3n) is 3.97. The standard InChI is InChI=1S/C16H25N3O/c1-4-5-6-7-14(17-2)12-8-9-15-13(10-12)11-19(3)16(20)18-15/h8-10,14,17H,4-7,11H2,1-3H3,(H,18,20). The van der Waals surface area contributed by atoms with E-state index in [1.807, 2.05) is 20.2 Å². The van der Waals surface area contributed by atoms with Crippen molar-refractivity contribution in [1.82, 2.24) is 10.2 Å². The molecule has 2 N–H and O–H groups in total. The van der Waals surface area contributed by atoms with Crippen molar-refractivity contribution in [3.63, 3.8) is 0 Å². The number of urea groups is 1. The molecule has 20 heavy (non-hydrogen) atoms. The molecule has 110 valence electrons. The highest BCUT2D eigenvalue weighted by molar-refractivity contribution is 5.92. The van der Waals surface area contributed by atoms with Gasteiger partial charge in [-0.05, 0) is 30.7 Å². The lowest BCUT2D eigenvalue weighted by Gasteiger charge is -2.27. The molecule has 1 aliphatic rings. The predicted octanol–water partition coefficient (Wildman–Crippen LogP) is 3.50. The second kappa shape index (κ2) is 6.75. The van der Waals surface area contributed by atoms with Gasteiger partial charge in [-0.2, -0.15) is 0 Å². The van der Waals surface area contributed by atoms with Crippen molar-refractivity contribution in [3.05, 3.63) is 29.3 Å². The first-order valence-corrected chi connectivity index (χ1v) is 7.48. The topological polar surface area (TPSA) is 44.4 Å². The van der Waals surface area contributed by atoms with Gasteiger partial charge in [0.15, 0.2) is 0 Å². The van der Waals surface area contributed by atoms with Crippen LogP contribution in [-0.4, -0.2) is 25.0 Å². The lowest BCUT2D eigenvalue weighted by atomic mass is 9.97. The van der Waals surface area contributed by atoms with Crippen LogP contribution in [0.15, 0.2) is 18.2 Å².